The van der Waals surface area contributed by atoms with Crippen molar-refractivity contribution >= 4 is 25.6 Å². The molecule has 0 saturated carbocycles. The monoisotopic (exact) mass is 303 g/mol. The Morgan fingerprint density at radius 3 is 2.37 bits per heavy atom. The van der Waals surface area contributed by atoms with Crippen LogP contribution >= 0.6 is 10.7 Å². The molecule has 0 saturated heterocycles. The summed E-state index contributed by atoms with van der Waals surface area (Å²) in [7, 11) is 1.47. The molecule has 0 unspecified atom stereocenters. The first-order chi connectivity index (χ1) is 8.55. The van der Waals surface area contributed by atoms with Gasteiger partial charge in [0.05, 0.1) is 4.90 Å². The lowest BCUT2D eigenvalue weighted by atomic mass is 10.0. The van der Waals surface area contributed by atoms with Gasteiger partial charge in [-0.1, -0.05) is 6.92 Å². The average Bonchev–Trinajstić information content (AvgIpc) is 2.26. The van der Waals surface area contributed by atoms with Crippen molar-refractivity contribution in [3.63, 3.8) is 0 Å². The number of carbonyl (C=O) groups excluding carboxylic acids is 1. The molecule has 0 spiro atoms. The molecule has 19 heavy (non-hydrogen) atoms. The highest BCUT2D eigenvalue weighted by molar-refractivity contribution is 8.13. The molecule has 1 aromatic rings. The van der Waals surface area contributed by atoms with Crippen LogP contribution in [0.4, 0.5) is 0 Å². The van der Waals surface area contributed by atoms with Crippen LogP contribution in [0.25, 0.3) is 0 Å². The SMILES string of the molecule is CCC(C)(C)NC(=O)c1cc(C)cc(S(=O)(=O)Cl)c1. The summed E-state index contributed by atoms with van der Waals surface area (Å²) in [6.07, 6.45) is 0.769. The fourth-order valence-electron chi connectivity index (χ4n) is 1.49. The van der Waals surface area contributed by atoms with Crippen LogP contribution in [0.1, 0.15) is 43.1 Å². The number of halogens is 1. The van der Waals surface area contributed by atoms with Crippen LogP contribution in [-0.4, -0.2) is 19.9 Å². The normalized spacial score (nSPS) is 12.3. The second-order valence-corrected chi connectivity index (χ2v) is 7.73. The molecular formula is C13H18ClNO3S. The van der Waals surface area contributed by atoms with Gasteiger partial charge < -0.3 is 5.32 Å². The van der Waals surface area contributed by atoms with Crippen LogP contribution in [0.2, 0.25) is 0 Å². The Labute approximate surface area is 118 Å². The number of carbonyl (C=O) groups is 1. The molecule has 0 aromatic heterocycles. The Hall–Kier alpha value is -1.07. The van der Waals surface area contributed by atoms with Crippen LogP contribution in [0.5, 0.6) is 0 Å². The maximum absolute atomic E-state index is 12.1. The van der Waals surface area contributed by atoms with Crippen LogP contribution in [0.3, 0.4) is 0 Å². The number of aryl methyl sites for hydroxylation is 1. The van der Waals surface area contributed by atoms with E-state index in [1.54, 1.807) is 13.0 Å². The molecule has 1 amide bonds. The van der Waals surface area contributed by atoms with Gasteiger partial charge in [0.15, 0.2) is 0 Å². The minimum Gasteiger partial charge on any atom is -0.347 e. The van der Waals surface area contributed by atoms with Crippen molar-refractivity contribution in [3.05, 3.63) is 29.3 Å². The third-order valence-corrected chi connectivity index (χ3v) is 4.26. The summed E-state index contributed by atoms with van der Waals surface area (Å²) in [4.78, 5) is 12.0. The number of rotatable bonds is 4. The fourth-order valence-corrected chi connectivity index (χ4v) is 2.35. The number of benzene rings is 1. The van der Waals surface area contributed by atoms with E-state index in [9.17, 15) is 13.2 Å². The number of nitrogens with one attached hydrogen (secondary N) is 1. The molecule has 106 valence electrons. The Morgan fingerprint density at radius 1 is 1.32 bits per heavy atom. The number of amides is 1. The minimum atomic E-state index is -3.84. The summed E-state index contributed by atoms with van der Waals surface area (Å²) in [5.74, 6) is -0.308. The lowest BCUT2D eigenvalue weighted by Crippen LogP contribution is -2.42. The zero-order valence-electron chi connectivity index (χ0n) is 11.5. The lowest BCUT2D eigenvalue weighted by molar-refractivity contribution is 0.0911. The first kappa shape index (κ1) is 16.0. The van der Waals surface area contributed by atoms with Crippen molar-refractivity contribution in [2.75, 3.05) is 0 Å². The molecule has 6 heteroatoms. The van der Waals surface area contributed by atoms with Gasteiger partial charge >= 0.3 is 0 Å². The van der Waals surface area contributed by atoms with Crippen LogP contribution in [0, 0.1) is 6.92 Å². The van der Waals surface area contributed by atoms with E-state index < -0.39 is 9.05 Å². The molecule has 1 aromatic carbocycles. The quantitative estimate of drug-likeness (QED) is 0.870. The van der Waals surface area contributed by atoms with Gasteiger partial charge in [-0.3, -0.25) is 4.79 Å². The van der Waals surface area contributed by atoms with Gasteiger partial charge in [-0.15, -0.1) is 0 Å². The molecule has 4 nitrogen and oxygen atoms in total. The third-order valence-electron chi connectivity index (χ3n) is 2.93. The number of hydrogen-bond donors (Lipinski definition) is 1. The van der Waals surface area contributed by atoms with Crippen molar-refractivity contribution < 1.29 is 13.2 Å². The van der Waals surface area contributed by atoms with Crippen molar-refractivity contribution in [2.45, 2.75) is 44.6 Å². The molecule has 0 fully saturated rings. The predicted octanol–water partition coefficient (Wildman–Crippen LogP) is 2.84. The topological polar surface area (TPSA) is 63.2 Å². The third kappa shape index (κ3) is 4.51. The molecule has 1 rings (SSSR count). The van der Waals surface area contributed by atoms with E-state index >= 15 is 0 Å². The second-order valence-electron chi connectivity index (χ2n) is 5.16. The summed E-state index contributed by atoms with van der Waals surface area (Å²) in [5, 5.41) is 2.85. The minimum absolute atomic E-state index is 0.0615. The lowest BCUT2D eigenvalue weighted by Gasteiger charge is -2.24. The maximum atomic E-state index is 12.1. The zero-order valence-corrected chi connectivity index (χ0v) is 13.0. The predicted molar refractivity (Wildman–Crippen MR) is 76.1 cm³/mol. The summed E-state index contributed by atoms with van der Waals surface area (Å²) in [5.41, 5.74) is 0.614. The molecule has 0 aliphatic carbocycles. The fraction of sp³-hybridized carbons (Fsp3) is 0.462. The molecular weight excluding hydrogens is 286 g/mol. The molecule has 0 bridgehead atoms. The first-order valence-corrected chi connectivity index (χ1v) is 8.25. The van der Waals surface area contributed by atoms with Gasteiger partial charge in [0, 0.05) is 21.8 Å². The van der Waals surface area contributed by atoms with E-state index in [4.69, 9.17) is 10.7 Å². The van der Waals surface area contributed by atoms with Gasteiger partial charge in [0.1, 0.15) is 0 Å². The highest BCUT2D eigenvalue weighted by Crippen LogP contribution is 2.19. The smallest absolute Gasteiger partial charge is 0.261 e. The summed E-state index contributed by atoms with van der Waals surface area (Å²) in [6, 6.07) is 4.35. The molecule has 0 atom stereocenters. The summed E-state index contributed by atoms with van der Waals surface area (Å²) >= 11 is 0. The molecule has 0 heterocycles. The van der Waals surface area contributed by atoms with Gasteiger partial charge in [-0.2, -0.15) is 0 Å². The largest absolute Gasteiger partial charge is 0.347 e. The zero-order chi connectivity index (χ0) is 14.8. The van der Waals surface area contributed by atoms with Crippen molar-refractivity contribution in [1.29, 1.82) is 0 Å². The maximum Gasteiger partial charge on any atom is 0.261 e. The Morgan fingerprint density at radius 2 is 1.89 bits per heavy atom. The Balaban J connectivity index is 3.15. The van der Waals surface area contributed by atoms with E-state index in [1.807, 2.05) is 20.8 Å². The molecule has 0 aliphatic heterocycles. The number of hydrogen-bond acceptors (Lipinski definition) is 3. The summed E-state index contributed by atoms with van der Waals surface area (Å²) in [6.45, 7) is 7.48. The second kappa shape index (κ2) is 5.51. The van der Waals surface area contributed by atoms with E-state index in [0.29, 0.717) is 11.1 Å². The Kier molecular flexibility index (Phi) is 4.63. The van der Waals surface area contributed by atoms with Gasteiger partial charge in [-0.25, -0.2) is 8.42 Å². The molecule has 0 aliphatic rings. The molecule has 1 N–H and O–H groups in total. The highest BCUT2D eigenvalue weighted by Gasteiger charge is 2.20. The summed E-state index contributed by atoms with van der Waals surface area (Å²) < 4.78 is 22.7. The van der Waals surface area contributed by atoms with E-state index in [-0.39, 0.29) is 16.3 Å². The Bertz CT molecular complexity index is 594. The molecule has 0 radical (unpaired) electrons. The average molecular weight is 304 g/mol. The van der Waals surface area contributed by atoms with Gasteiger partial charge in [0.25, 0.3) is 15.0 Å². The van der Waals surface area contributed by atoms with E-state index in [0.717, 1.165) is 6.42 Å². The van der Waals surface area contributed by atoms with Gasteiger partial charge in [0.2, 0.25) is 0 Å². The van der Waals surface area contributed by atoms with E-state index in [1.165, 1.54) is 12.1 Å². The van der Waals surface area contributed by atoms with Crippen molar-refractivity contribution in [2.24, 2.45) is 0 Å². The standard InChI is InChI=1S/C13H18ClNO3S/c1-5-13(3,4)15-12(16)10-6-9(2)7-11(8-10)19(14,17)18/h6-8H,5H2,1-4H3,(H,15,16). The highest BCUT2D eigenvalue weighted by atomic mass is 35.7. The van der Waals surface area contributed by atoms with Crippen LogP contribution in [0.15, 0.2) is 23.1 Å². The van der Waals surface area contributed by atoms with Gasteiger partial charge in [-0.05, 0) is 51.0 Å². The van der Waals surface area contributed by atoms with Crippen molar-refractivity contribution in [3.8, 4) is 0 Å². The first-order valence-electron chi connectivity index (χ1n) is 5.94. The van der Waals surface area contributed by atoms with Crippen LogP contribution in [-0.2, 0) is 9.05 Å². The van der Waals surface area contributed by atoms with Crippen LogP contribution < -0.4 is 5.32 Å². The van der Waals surface area contributed by atoms with E-state index in [2.05, 4.69) is 5.32 Å². The van der Waals surface area contributed by atoms with Crippen molar-refractivity contribution in [1.82, 2.24) is 5.32 Å².